The summed E-state index contributed by atoms with van der Waals surface area (Å²) in [5.74, 6) is -0.970. The number of rotatable bonds is 8. The number of hydrogen-bond acceptors (Lipinski definition) is 6. The van der Waals surface area contributed by atoms with E-state index in [1.54, 1.807) is 23.1 Å². The Bertz CT molecular complexity index is 658. The summed E-state index contributed by atoms with van der Waals surface area (Å²) in [4.78, 5) is 37.4. The number of hydrogen-bond donors (Lipinski definition) is 2. The van der Waals surface area contributed by atoms with Gasteiger partial charge >= 0.3 is 5.97 Å². The van der Waals surface area contributed by atoms with Crippen molar-refractivity contribution in [3.63, 3.8) is 0 Å². The van der Waals surface area contributed by atoms with Crippen LogP contribution in [0.1, 0.15) is 19.8 Å². The molecule has 0 saturated carbocycles. The molecule has 1 amide bonds. The lowest BCUT2D eigenvalue weighted by molar-refractivity contribution is -0.383. The molecule has 1 heterocycles. The summed E-state index contributed by atoms with van der Waals surface area (Å²) in [7, 11) is 0. The summed E-state index contributed by atoms with van der Waals surface area (Å²) >= 11 is 0. The normalized spacial score (nSPS) is 15.1. The third-order valence-corrected chi connectivity index (χ3v) is 4.61. The number of likely N-dealkylation sites (N-methyl/N-ethyl adjacent to an activating group) is 1. The van der Waals surface area contributed by atoms with Crippen LogP contribution < -0.4 is 5.32 Å². The molecule has 2 N–H and O–H groups in total. The van der Waals surface area contributed by atoms with Gasteiger partial charge in [0, 0.05) is 25.2 Å². The zero-order valence-corrected chi connectivity index (χ0v) is 14.8. The minimum Gasteiger partial charge on any atom is -0.480 e. The molecule has 1 aromatic rings. The maximum atomic E-state index is 12.4. The molecule has 0 atom stereocenters. The number of nitrogens with one attached hydrogen (secondary N) is 1. The first-order valence-electron chi connectivity index (χ1n) is 8.63. The Morgan fingerprint density at radius 3 is 2.58 bits per heavy atom. The van der Waals surface area contributed by atoms with E-state index in [1.807, 2.05) is 11.8 Å². The Morgan fingerprint density at radius 2 is 2.00 bits per heavy atom. The van der Waals surface area contributed by atoms with Crippen LogP contribution in [0.2, 0.25) is 0 Å². The molecular formula is C17H24N4O5. The number of nitrogens with zero attached hydrogens (tertiary/aromatic N) is 3. The van der Waals surface area contributed by atoms with Gasteiger partial charge < -0.3 is 15.3 Å². The predicted molar refractivity (Wildman–Crippen MR) is 96.1 cm³/mol. The van der Waals surface area contributed by atoms with Crippen molar-refractivity contribution in [3.05, 3.63) is 34.4 Å². The van der Waals surface area contributed by atoms with E-state index in [9.17, 15) is 19.7 Å². The molecule has 142 valence electrons. The van der Waals surface area contributed by atoms with Crippen LogP contribution in [0.15, 0.2) is 24.3 Å². The number of carbonyl (C=O) groups is 2. The van der Waals surface area contributed by atoms with Crippen LogP contribution in [-0.2, 0) is 9.59 Å². The number of nitro benzene ring substituents is 1. The van der Waals surface area contributed by atoms with E-state index < -0.39 is 10.9 Å². The van der Waals surface area contributed by atoms with Crippen LogP contribution in [0.4, 0.5) is 11.4 Å². The smallest absolute Gasteiger partial charge is 0.317 e. The summed E-state index contributed by atoms with van der Waals surface area (Å²) in [6, 6.07) is 6.37. The minimum absolute atomic E-state index is 0.00828. The maximum absolute atomic E-state index is 12.4. The first-order valence-corrected chi connectivity index (χ1v) is 8.63. The van der Waals surface area contributed by atoms with Crippen LogP contribution in [0.25, 0.3) is 0 Å². The summed E-state index contributed by atoms with van der Waals surface area (Å²) in [5, 5.41) is 22.8. The lowest BCUT2D eigenvalue weighted by Gasteiger charge is -2.37. The fourth-order valence-corrected chi connectivity index (χ4v) is 3.22. The van der Waals surface area contributed by atoms with E-state index in [-0.39, 0.29) is 30.7 Å². The quantitative estimate of drug-likeness (QED) is 0.529. The fourth-order valence-electron chi connectivity index (χ4n) is 3.22. The highest BCUT2D eigenvalue weighted by Gasteiger charge is 2.27. The number of piperidine rings is 1. The van der Waals surface area contributed by atoms with Gasteiger partial charge in [0.25, 0.3) is 5.69 Å². The van der Waals surface area contributed by atoms with E-state index in [0.29, 0.717) is 25.3 Å². The second kappa shape index (κ2) is 9.14. The number of carbonyl (C=O) groups excluding carboxylic acids is 1. The van der Waals surface area contributed by atoms with Crippen molar-refractivity contribution in [2.45, 2.75) is 25.8 Å². The topological polar surface area (TPSA) is 116 Å². The molecule has 1 saturated heterocycles. The van der Waals surface area contributed by atoms with Gasteiger partial charge in [-0.2, -0.15) is 0 Å². The van der Waals surface area contributed by atoms with Crippen molar-refractivity contribution in [2.24, 2.45) is 0 Å². The summed E-state index contributed by atoms with van der Waals surface area (Å²) in [6.07, 6.45) is 1.44. The number of carboxylic acid groups (broad SMARTS) is 1. The lowest BCUT2D eigenvalue weighted by Crippen LogP contribution is -2.49. The number of para-hydroxylation sites is 2. The highest BCUT2D eigenvalue weighted by molar-refractivity contribution is 5.82. The SMILES string of the molecule is CCN(CC(=O)O)C1CCN(C(=O)CNc2ccccc2[N+](=O)[O-])CC1. The average molecular weight is 364 g/mol. The number of aliphatic carboxylic acids is 1. The zero-order chi connectivity index (χ0) is 19.1. The first kappa shape index (κ1) is 19.6. The number of likely N-dealkylation sites (tertiary alicyclic amines) is 1. The molecule has 0 aliphatic carbocycles. The third-order valence-electron chi connectivity index (χ3n) is 4.61. The molecule has 2 rings (SSSR count). The number of carboxylic acids is 1. The van der Waals surface area contributed by atoms with Crippen molar-refractivity contribution in [1.29, 1.82) is 0 Å². The van der Waals surface area contributed by atoms with Crippen LogP contribution in [0.3, 0.4) is 0 Å². The Balaban J connectivity index is 1.85. The van der Waals surface area contributed by atoms with Gasteiger partial charge in [-0.3, -0.25) is 24.6 Å². The second-order valence-corrected chi connectivity index (χ2v) is 6.20. The van der Waals surface area contributed by atoms with E-state index >= 15 is 0 Å². The standard InChI is InChI=1S/C17H24N4O5/c1-2-19(12-17(23)24)13-7-9-20(10-8-13)16(22)11-18-14-5-3-4-6-15(14)21(25)26/h3-6,13,18H,2,7-12H2,1H3,(H,23,24). The molecule has 9 heteroatoms. The summed E-state index contributed by atoms with van der Waals surface area (Å²) < 4.78 is 0. The molecule has 1 aliphatic heterocycles. The number of anilines is 1. The predicted octanol–water partition coefficient (Wildman–Crippen LogP) is 1.40. The molecule has 1 fully saturated rings. The highest BCUT2D eigenvalue weighted by Crippen LogP contribution is 2.23. The lowest BCUT2D eigenvalue weighted by atomic mass is 10.0. The first-order chi connectivity index (χ1) is 12.4. The van der Waals surface area contributed by atoms with Crippen molar-refractivity contribution >= 4 is 23.3 Å². The van der Waals surface area contributed by atoms with Crippen molar-refractivity contribution in [3.8, 4) is 0 Å². The Kier molecular flexibility index (Phi) is 6.90. The molecule has 9 nitrogen and oxygen atoms in total. The van der Waals surface area contributed by atoms with Crippen LogP contribution in [0.5, 0.6) is 0 Å². The van der Waals surface area contributed by atoms with Crippen molar-refractivity contribution in [2.75, 3.05) is 38.0 Å². The molecule has 0 bridgehead atoms. The zero-order valence-electron chi connectivity index (χ0n) is 14.8. The Morgan fingerprint density at radius 1 is 1.35 bits per heavy atom. The van der Waals surface area contributed by atoms with Gasteiger partial charge in [0.05, 0.1) is 18.0 Å². The van der Waals surface area contributed by atoms with Crippen LogP contribution >= 0.6 is 0 Å². The maximum Gasteiger partial charge on any atom is 0.317 e. The Hall–Kier alpha value is -2.68. The molecule has 1 aliphatic rings. The van der Waals surface area contributed by atoms with Crippen LogP contribution in [-0.4, -0.2) is 70.5 Å². The fraction of sp³-hybridized carbons (Fsp3) is 0.529. The average Bonchev–Trinajstić information content (AvgIpc) is 2.64. The van der Waals surface area contributed by atoms with Gasteiger partial charge in [-0.05, 0) is 25.5 Å². The number of benzene rings is 1. The van der Waals surface area contributed by atoms with Gasteiger partial charge in [-0.15, -0.1) is 0 Å². The van der Waals surface area contributed by atoms with Crippen molar-refractivity contribution < 1.29 is 19.6 Å². The minimum atomic E-state index is -0.848. The monoisotopic (exact) mass is 364 g/mol. The number of amides is 1. The highest BCUT2D eigenvalue weighted by atomic mass is 16.6. The van der Waals surface area contributed by atoms with Gasteiger partial charge in [0.1, 0.15) is 5.69 Å². The summed E-state index contributed by atoms with van der Waals surface area (Å²) in [6.45, 7) is 3.69. The molecule has 26 heavy (non-hydrogen) atoms. The molecule has 0 aromatic heterocycles. The third kappa shape index (κ3) is 5.16. The van der Waals surface area contributed by atoms with Gasteiger partial charge in [-0.1, -0.05) is 19.1 Å². The Labute approximate surface area is 151 Å². The molecular weight excluding hydrogens is 340 g/mol. The molecule has 0 unspecified atom stereocenters. The molecule has 1 aromatic carbocycles. The van der Waals surface area contributed by atoms with Gasteiger partial charge in [-0.25, -0.2) is 0 Å². The van der Waals surface area contributed by atoms with E-state index in [1.165, 1.54) is 6.07 Å². The largest absolute Gasteiger partial charge is 0.480 e. The number of nitro groups is 1. The van der Waals surface area contributed by atoms with E-state index in [0.717, 1.165) is 12.8 Å². The van der Waals surface area contributed by atoms with Gasteiger partial charge in [0.15, 0.2) is 0 Å². The molecule has 0 radical (unpaired) electrons. The second-order valence-electron chi connectivity index (χ2n) is 6.20. The van der Waals surface area contributed by atoms with Crippen molar-refractivity contribution in [1.82, 2.24) is 9.80 Å². The van der Waals surface area contributed by atoms with E-state index in [4.69, 9.17) is 5.11 Å². The summed E-state index contributed by atoms with van der Waals surface area (Å²) in [5.41, 5.74) is 0.255. The van der Waals surface area contributed by atoms with Gasteiger partial charge in [0.2, 0.25) is 5.91 Å². The molecule has 0 spiro atoms. The van der Waals surface area contributed by atoms with E-state index in [2.05, 4.69) is 5.32 Å². The van der Waals surface area contributed by atoms with Crippen LogP contribution in [0, 0.1) is 10.1 Å².